The SMILES string of the molecule is O=C(C=Cc1ccccc1)ON=C1CCCCCCCCCCC1. The lowest BCUT2D eigenvalue weighted by molar-refractivity contribution is -0.137. The van der Waals surface area contributed by atoms with Gasteiger partial charge < -0.3 is 4.84 Å². The average molecular weight is 327 g/mol. The summed E-state index contributed by atoms with van der Waals surface area (Å²) in [4.78, 5) is 16.9. The normalized spacial score (nSPS) is 17.8. The molecule has 0 spiro atoms. The van der Waals surface area contributed by atoms with Crippen LogP contribution in [0.3, 0.4) is 0 Å². The van der Waals surface area contributed by atoms with E-state index in [4.69, 9.17) is 4.84 Å². The number of hydrogen-bond donors (Lipinski definition) is 0. The molecule has 1 aliphatic carbocycles. The van der Waals surface area contributed by atoms with E-state index in [2.05, 4.69) is 5.16 Å². The molecule has 130 valence electrons. The van der Waals surface area contributed by atoms with Crippen molar-refractivity contribution < 1.29 is 9.63 Å². The Hall–Kier alpha value is -1.90. The van der Waals surface area contributed by atoms with E-state index in [0.29, 0.717) is 0 Å². The molecule has 0 bridgehead atoms. The smallest absolute Gasteiger partial charge is 0.314 e. The zero-order valence-electron chi connectivity index (χ0n) is 14.6. The first-order chi connectivity index (χ1) is 11.8. The van der Waals surface area contributed by atoms with Gasteiger partial charge in [-0.2, -0.15) is 0 Å². The zero-order valence-corrected chi connectivity index (χ0v) is 14.6. The maximum Gasteiger partial charge on any atom is 0.358 e. The third-order valence-electron chi connectivity index (χ3n) is 4.41. The molecule has 0 aromatic heterocycles. The maximum atomic E-state index is 11.8. The van der Waals surface area contributed by atoms with E-state index < -0.39 is 5.97 Å². The van der Waals surface area contributed by atoms with Crippen LogP contribution in [0.15, 0.2) is 41.6 Å². The highest BCUT2D eigenvalue weighted by molar-refractivity contribution is 5.89. The van der Waals surface area contributed by atoms with Crippen LogP contribution in [0.2, 0.25) is 0 Å². The van der Waals surface area contributed by atoms with Gasteiger partial charge in [0.2, 0.25) is 0 Å². The minimum atomic E-state index is -0.405. The van der Waals surface area contributed by atoms with Gasteiger partial charge in [-0.05, 0) is 37.3 Å². The van der Waals surface area contributed by atoms with Crippen molar-refractivity contribution >= 4 is 17.8 Å². The van der Waals surface area contributed by atoms with E-state index in [0.717, 1.165) is 37.0 Å². The fourth-order valence-electron chi connectivity index (χ4n) is 2.98. The number of oxime groups is 1. The van der Waals surface area contributed by atoms with Crippen LogP contribution in [0.4, 0.5) is 0 Å². The topological polar surface area (TPSA) is 38.7 Å². The van der Waals surface area contributed by atoms with Gasteiger partial charge >= 0.3 is 5.97 Å². The molecule has 0 amide bonds. The molecular weight excluding hydrogens is 298 g/mol. The van der Waals surface area contributed by atoms with Gasteiger partial charge in [0.05, 0.1) is 5.71 Å². The summed E-state index contributed by atoms with van der Waals surface area (Å²) in [5, 5.41) is 4.14. The fourth-order valence-corrected chi connectivity index (χ4v) is 2.98. The first kappa shape index (κ1) is 18.4. The van der Waals surface area contributed by atoms with E-state index in [1.165, 1.54) is 51.0 Å². The highest BCUT2D eigenvalue weighted by atomic mass is 16.7. The Balaban J connectivity index is 1.82. The number of benzene rings is 1. The first-order valence-electron chi connectivity index (χ1n) is 9.34. The van der Waals surface area contributed by atoms with Crippen LogP contribution in [0.5, 0.6) is 0 Å². The second-order valence-electron chi connectivity index (χ2n) is 6.49. The second kappa shape index (κ2) is 11.6. The van der Waals surface area contributed by atoms with Gasteiger partial charge in [0.1, 0.15) is 0 Å². The van der Waals surface area contributed by atoms with Crippen LogP contribution in [0, 0.1) is 0 Å². The predicted molar refractivity (Wildman–Crippen MR) is 99.8 cm³/mol. The molecule has 0 heterocycles. The molecule has 1 aliphatic rings. The van der Waals surface area contributed by atoms with Gasteiger partial charge in [-0.25, -0.2) is 4.79 Å². The van der Waals surface area contributed by atoms with Crippen LogP contribution in [-0.4, -0.2) is 11.7 Å². The lowest BCUT2D eigenvalue weighted by Gasteiger charge is -2.08. The van der Waals surface area contributed by atoms with E-state index in [9.17, 15) is 4.79 Å². The lowest BCUT2D eigenvalue weighted by atomic mass is 10.00. The van der Waals surface area contributed by atoms with E-state index in [1.54, 1.807) is 6.08 Å². The van der Waals surface area contributed by atoms with Gasteiger partial charge in [0.15, 0.2) is 0 Å². The summed E-state index contributed by atoms with van der Waals surface area (Å²) in [7, 11) is 0. The number of nitrogens with zero attached hydrogens (tertiary/aromatic N) is 1. The van der Waals surface area contributed by atoms with Crippen molar-refractivity contribution in [3.63, 3.8) is 0 Å². The molecule has 0 N–H and O–H groups in total. The predicted octanol–water partition coefficient (Wildman–Crippen LogP) is 5.90. The van der Waals surface area contributed by atoms with Crippen molar-refractivity contribution in [2.45, 2.75) is 70.6 Å². The Bertz CT molecular complexity index is 520. The highest BCUT2D eigenvalue weighted by Gasteiger charge is 2.05. The maximum absolute atomic E-state index is 11.8. The van der Waals surface area contributed by atoms with Gasteiger partial charge in [0, 0.05) is 6.08 Å². The number of carbonyl (C=O) groups excluding carboxylic acids is 1. The zero-order chi connectivity index (χ0) is 16.9. The van der Waals surface area contributed by atoms with Crippen molar-refractivity contribution in [2.75, 3.05) is 0 Å². The first-order valence-corrected chi connectivity index (χ1v) is 9.34. The number of hydrogen-bond acceptors (Lipinski definition) is 3. The Kier molecular flexibility index (Phi) is 8.92. The molecule has 1 aromatic rings. The van der Waals surface area contributed by atoms with Crippen molar-refractivity contribution in [1.82, 2.24) is 0 Å². The van der Waals surface area contributed by atoms with Crippen LogP contribution in [0.25, 0.3) is 6.08 Å². The lowest BCUT2D eigenvalue weighted by Crippen LogP contribution is -2.04. The van der Waals surface area contributed by atoms with Crippen LogP contribution < -0.4 is 0 Å². The van der Waals surface area contributed by atoms with E-state index in [-0.39, 0.29) is 0 Å². The minimum Gasteiger partial charge on any atom is -0.314 e. The van der Waals surface area contributed by atoms with Gasteiger partial charge in [-0.1, -0.05) is 80.4 Å². The second-order valence-corrected chi connectivity index (χ2v) is 6.49. The van der Waals surface area contributed by atoms with E-state index >= 15 is 0 Å². The molecule has 0 unspecified atom stereocenters. The molecular formula is C21H29NO2. The van der Waals surface area contributed by atoms with Crippen molar-refractivity contribution in [1.29, 1.82) is 0 Å². The summed E-state index contributed by atoms with van der Waals surface area (Å²) in [6.07, 6.45) is 16.6. The van der Waals surface area contributed by atoms with Crippen molar-refractivity contribution in [2.24, 2.45) is 5.16 Å². The third kappa shape index (κ3) is 8.09. The Morgan fingerprint density at radius 3 is 1.96 bits per heavy atom. The van der Waals surface area contributed by atoms with Gasteiger partial charge in [-0.15, -0.1) is 0 Å². The molecule has 2 rings (SSSR count). The summed E-state index contributed by atoms with van der Waals surface area (Å²) in [6, 6.07) is 9.72. The third-order valence-corrected chi connectivity index (χ3v) is 4.41. The van der Waals surface area contributed by atoms with Crippen LogP contribution >= 0.6 is 0 Å². The molecule has 0 saturated heterocycles. The van der Waals surface area contributed by atoms with Crippen LogP contribution in [-0.2, 0) is 9.63 Å². The quantitative estimate of drug-likeness (QED) is 0.393. The van der Waals surface area contributed by atoms with Gasteiger partial charge in [0.25, 0.3) is 0 Å². The molecule has 3 nitrogen and oxygen atoms in total. The highest BCUT2D eigenvalue weighted by Crippen LogP contribution is 2.15. The average Bonchev–Trinajstić information content (AvgIpc) is 2.60. The summed E-state index contributed by atoms with van der Waals surface area (Å²) >= 11 is 0. The van der Waals surface area contributed by atoms with Gasteiger partial charge in [-0.3, -0.25) is 0 Å². The van der Waals surface area contributed by atoms with Crippen LogP contribution in [0.1, 0.15) is 76.2 Å². The summed E-state index contributed by atoms with van der Waals surface area (Å²) in [5.74, 6) is -0.405. The molecule has 0 atom stereocenters. The summed E-state index contributed by atoms with van der Waals surface area (Å²) in [6.45, 7) is 0. The standard InChI is InChI=1S/C21H29NO2/c23-21(18-17-19-13-9-8-10-14-19)24-22-20-15-11-6-4-2-1-3-5-7-12-16-20/h8-10,13-14,17-18H,1-7,11-12,15-16H2. The largest absolute Gasteiger partial charge is 0.358 e. The van der Waals surface area contributed by atoms with Crippen molar-refractivity contribution in [3.05, 3.63) is 42.0 Å². The Morgan fingerprint density at radius 1 is 0.833 bits per heavy atom. The molecule has 0 aliphatic heterocycles. The van der Waals surface area contributed by atoms with Crippen molar-refractivity contribution in [3.8, 4) is 0 Å². The molecule has 1 fully saturated rings. The molecule has 3 heteroatoms. The molecule has 24 heavy (non-hydrogen) atoms. The Labute approximate surface area is 145 Å². The summed E-state index contributed by atoms with van der Waals surface area (Å²) < 4.78 is 0. The summed E-state index contributed by atoms with van der Waals surface area (Å²) in [5.41, 5.74) is 2.02. The fraction of sp³-hybridized carbons (Fsp3) is 0.524. The monoisotopic (exact) mass is 327 g/mol. The molecule has 0 radical (unpaired) electrons. The number of carbonyl (C=O) groups is 1. The Morgan fingerprint density at radius 2 is 1.38 bits per heavy atom. The minimum absolute atomic E-state index is 0.405. The van der Waals surface area contributed by atoms with E-state index in [1.807, 2.05) is 30.3 Å². The molecule has 1 aromatic carbocycles. The number of rotatable bonds is 3. The molecule has 1 saturated carbocycles.